The van der Waals surface area contributed by atoms with Gasteiger partial charge in [-0.05, 0) is 43.2 Å². The molecule has 134 valence electrons. The van der Waals surface area contributed by atoms with E-state index in [1.165, 1.54) is 31.2 Å². The first-order valence-electron chi connectivity index (χ1n) is 8.72. The molecule has 1 aliphatic rings. The molecule has 1 saturated carbocycles. The van der Waals surface area contributed by atoms with Crippen molar-refractivity contribution < 1.29 is 0 Å². The molecule has 2 unspecified atom stereocenters. The van der Waals surface area contributed by atoms with Crippen LogP contribution in [0.5, 0.6) is 0 Å². The van der Waals surface area contributed by atoms with Gasteiger partial charge in [-0.25, -0.2) is 9.67 Å². The molecule has 25 heavy (non-hydrogen) atoms. The number of aliphatic imine (C=N–C) groups is 1. The highest BCUT2D eigenvalue weighted by Crippen LogP contribution is 2.26. The summed E-state index contributed by atoms with van der Waals surface area (Å²) in [6.45, 7) is 0.723. The van der Waals surface area contributed by atoms with Crippen LogP contribution in [0.4, 0.5) is 0 Å². The van der Waals surface area contributed by atoms with Crippen molar-refractivity contribution in [1.82, 2.24) is 25.4 Å². The standard InChI is InChI=1S/C18H26N6S/c1-19-18(23-15-6-4-8-17(10-15)25-2)21-11-14-5-3-7-16(9-14)24-13-20-12-22-24/h3,5,7,9,12-13,15,17H,4,6,8,10-11H2,1-2H3,(H2,19,21,23). The summed E-state index contributed by atoms with van der Waals surface area (Å²) in [7, 11) is 1.83. The van der Waals surface area contributed by atoms with Crippen LogP contribution in [0.25, 0.3) is 5.69 Å². The fraction of sp³-hybridized carbons (Fsp3) is 0.500. The van der Waals surface area contributed by atoms with Gasteiger partial charge in [0.1, 0.15) is 12.7 Å². The monoisotopic (exact) mass is 358 g/mol. The van der Waals surface area contributed by atoms with Crippen molar-refractivity contribution in [2.45, 2.75) is 43.5 Å². The largest absolute Gasteiger partial charge is 0.354 e. The summed E-state index contributed by atoms with van der Waals surface area (Å²) in [5, 5.41) is 12.0. The van der Waals surface area contributed by atoms with E-state index in [2.05, 4.69) is 44.1 Å². The maximum absolute atomic E-state index is 4.38. The van der Waals surface area contributed by atoms with Crippen LogP contribution >= 0.6 is 11.8 Å². The number of nitrogens with one attached hydrogen (secondary N) is 2. The van der Waals surface area contributed by atoms with E-state index in [9.17, 15) is 0 Å². The average molecular weight is 359 g/mol. The van der Waals surface area contributed by atoms with Gasteiger partial charge in [0, 0.05) is 24.9 Å². The van der Waals surface area contributed by atoms with Crippen molar-refractivity contribution in [2.75, 3.05) is 13.3 Å². The molecule has 2 atom stereocenters. The Morgan fingerprint density at radius 1 is 1.40 bits per heavy atom. The second-order valence-corrected chi connectivity index (χ2v) is 7.44. The van der Waals surface area contributed by atoms with Crippen molar-refractivity contribution in [3.8, 4) is 5.69 Å². The van der Waals surface area contributed by atoms with E-state index in [0.717, 1.165) is 23.4 Å². The van der Waals surface area contributed by atoms with Crippen LogP contribution in [0, 0.1) is 0 Å². The second kappa shape index (κ2) is 8.89. The van der Waals surface area contributed by atoms with E-state index < -0.39 is 0 Å². The first-order valence-corrected chi connectivity index (χ1v) is 10.0. The van der Waals surface area contributed by atoms with Gasteiger partial charge in [-0.2, -0.15) is 16.9 Å². The third-order valence-electron chi connectivity index (χ3n) is 4.58. The lowest BCUT2D eigenvalue weighted by atomic mass is 9.95. The van der Waals surface area contributed by atoms with Crippen LogP contribution in [-0.2, 0) is 6.54 Å². The molecule has 0 radical (unpaired) electrons. The van der Waals surface area contributed by atoms with Gasteiger partial charge in [-0.15, -0.1) is 0 Å². The topological polar surface area (TPSA) is 67.1 Å². The summed E-state index contributed by atoms with van der Waals surface area (Å²) >= 11 is 1.98. The molecule has 1 aromatic carbocycles. The van der Waals surface area contributed by atoms with Crippen molar-refractivity contribution in [3.63, 3.8) is 0 Å². The smallest absolute Gasteiger partial charge is 0.191 e. The zero-order valence-electron chi connectivity index (χ0n) is 14.9. The van der Waals surface area contributed by atoms with Crippen molar-refractivity contribution in [2.24, 2.45) is 4.99 Å². The predicted octanol–water partition coefficient (Wildman–Crippen LogP) is 2.61. The van der Waals surface area contributed by atoms with E-state index in [0.29, 0.717) is 6.04 Å². The van der Waals surface area contributed by atoms with Gasteiger partial charge < -0.3 is 10.6 Å². The number of hydrogen-bond donors (Lipinski definition) is 2. The number of hydrogen-bond acceptors (Lipinski definition) is 4. The molecule has 0 spiro atoms. The lowest BCUT2D eigenvalue weighted by Crippen LogP contribution is -2.45. The molecule has 7 heteroatoms. The molecule has 1 aliphatic carbocycles. The summed E-state index contributed by atoms with van der Waals surface area (Å²) in [4.78, 5) is 8.38. The summed E-state index contributed by atoms with van der Waals surface area (Å²) in [6, 6.07) is 8.79. The number of aromatic nitrogens is 3. The number of guanidine groups is 1. The zero-order valence-corrected chi connectivity index (χ0v) is 15.7. The quantitative estimate of drug-likeness (QED) is 0.635. The zero-order chi connectivity index (χ0) is 17.5. The van der Waals surface area contributed by atoms with Gasteiger partial charge in [-0.3, -0.25) is 4.99 Å². The molecule has 0 bridgehead atoms. The van der Waals surface area contributed by atoms with Gasteiger partial charge in [0.25, 0.3) is 0 Å². The van der Waals surface area contributed by atoms with Crippen LogP contribution in [-0.4, -0.2) is 45.3 Å². The van der Waals surface area contributed by atoms with Crippen molar-refractivity contribution in [3.05, 3.63) is 42.5 Å². The van der Waals surface area contributed by atoms with E-state index in [1.807, 2.05) is 30.9 Å². The summed E-state index contributed by atoms with van der Waals surface area (Å²) in [5.74, 6) is 0.873. The fourth-order valence-corrected chi connectivity index (χ4v) is 4.04. The molecular formula is C18H26N6S. The Balaban J connectivity index is 1.55. The van der Waals surface area contributed by atoms with Gasteiger partial charge in [0.15, 0.2) is 5.96 Å². The lowest BCUT2D eigenvalue weighted by Gasteiger charge is -2.29. The van der Waals surface area contributed by atoms with Gasteiger partial charge >= 0.3 is 0 Å². The maximum atomic E-state index is 4.38. The third kappa shape index (κ3) is 4.98. The molecule has 1 aromatic heterocycles. The molecule has 0 amide bonds. The van der Waals surface area contributed by atoms with Crippen LogP contribution in [0.2, 0.25) is 0 Å². The van der Waals surface area contributed by atoms with E-state index in [4.69, 9.17) is 0 Å². The first kappa shape index (κ1) is 17.8. The molecule has 1 fully saturated rings. The Labute approximate surface area is 153 Å². The summed E-state index contributed by atoms with van der Waals surface area (Å²) in [6.07, 6.45) is 10.5. The van der Waals surface area contributed by atoms with Gasteiger partial charge in [-0.1, -0.05) is 18.6 Å². The molecule has 6 nitrogen and oxygen atoms in total. The Bertz CT molecular complexity index is 685. The summed E-state index contributed by atoms with van der Waals surface area (Å²) in [5.41, 5.74) is 2.19. The fourth-order valence-electron chi connectivity index (χ4n) is 3.21. The summed E-state index contributed by atoms with van der Waals surface area (Å²) < 4.78 is 1.77. The van der Waals surface area contributed by atoms with Crippen LogP contribution in [0.15, 0.2) is 41.9 Å². The van der Waals surface area contributed by atoms with Crippen LogP contribution in [0.1, 0.15) is 31.2 Å². The Morgan fingerprint density at radius 2 is 2.32 bits per heavy atom. The van der Waals surface area contributed by atoms with Crippen molar-refractivity contribution in [1.29, 1.82) is 0 Å². The molecule has 1 heterocycles. The Hall–Kier alpha value is -2.02. The number of rotatable bonds is 5. The molecule has 3 rings (SSSR count). The van der Waals surface area contributed by atoms with Crippen molar-refractivity contribution >= 4 is 17.7 Å². The van der Waals surface area contributed by atoms with E-state index in [1.54, 1.807) is 17.3 Å². The van der Waals surface area contributed by atoms with E-state index in [-0.39, 0.29) is 0 Å². The van der Waals surface area contributed by atoms with Gasteiger partial charge in [0.05, 0.1) is 5.69 Å². The molecule has 0 aliphatic heterocycles. The molecule has 2 aromatic rings. The molecule has 2 N–H and O–H groups in total. The number of nitrogens with zero attached hydrogens (tertiary/aromatic N) is 4. The highest BCUT2D eigenvalue weighted by Gasteiger charge is 2.21. The predicted molar refractivity (Wildman–Crippen MR) is 104 cm³/mol. The third-order valence-corrected chi connectivity index (χ3v) is 5.67. The maximum Gasteiger partial charge on any atom is 0.191 e. The van der Waals surface area contributed by atoms with Crippen LogP contribution in [0.3, 0.4) is 0 Å². The Kier molecular flexibility index (Phi) is 6.33. The van der Waals surface area contributed by atoms with Gasteiger partial charge in [0.2, 0.25) is 0 Å². The van der Waals surface area contributed by atoms with Crippen LogP contribution < -0.4 is 10.6 Å². The minimum absolute atomic E-state index is 0.513. The number of benzene rings is 1. The minimum Gasteiger partial charge on any atom is -0.354 e. The highest BCUT2D eigenvalue weighted by molar-refractivity contribution is 7.99. The SMILES string of the molecule is CN=C(NCc1cccc(-n2cncn2)c1)NC1CCCC(SC)C1. The first-order chi connectivity index (χ1) is 12.3. The number of thioether (sulfide) groups is 1. The Morgan fingerprint density at radius 3 is 3.08 bits per heavy atom. The minimum atomic E-state index is 0.513. The van der Waals surface area contributed by atoms with E-state index >= 15 is 0 Å². The highest BCUT2D eigenvalue weighted by atomic mass is 32.2. The normalized spacial score (nSPS) is 21.1. The molecular weight excluding hydrogens is 332 g/mol. The lowest BCUT2D eigenvalue weighted by molar-refractivity contribution is 0.419. The average Bonchev–Trinajstić information content (AvgIpc) is 3.20. The molecule has 0 saturated heterocycles. The second-order valence-electron chi connectivity index (χ2n) is 6.30.